The van der Waals surface area contributed by atoms with E-state index in [9.17, 15) is 9.59 Å². The molecule has 2 aliphatic carbocycles. The van der Waals surface area contributed by atoms with Crippen LogP contribution >= 0.6 is 0 Å². The molecule has 2 rings (SSSR count). The zero-order valence-electron chi connectivity index (χ0n) is 13.2. The van der Waals surface area contributed by atoms with E-state index in [0.29, 0.717) is 18.8 Å². The Morgan fingerprint density at radius 2 is 1.86 bits per heavy atom. The summed E-state index contributed by atoms with van der Waals surface area (Å²) in [5, 5.41) is 3.02. The molecule has 21 heavy (non-hydrogen) atoms. The third kappa shape index (κ3) is 3.76. The van der Waals surface area contributed by atoms with E-state index in [-0.39, 0.29) is 23.8 Å². The lowest BCUT2D eigenvalue weighted by atomic mass is 9.76. The second-order valence-electron chi connectivity index (χ2n) is 6.87. The molecular weight excluding hydrogens is 268 g/mol. The summed E-state index contributed by atoms with van der Waals surface area (Å²) in [6.45, 7) is 2.18. The van der Waals surface area contributed by atoms with Crippen LogP contribution in [0.2, 0.25) is 0 Å². The first-order valence-electron chi connectivity index (χ1n) is 8.13. The number of nitrogens with one attached hydrogen (secondary N) is 1. The van der Waals surface area contributed by atoms with Crippen molar-refractivity contribution in [3.05, 3.63) is 0 Å². The third-order valence-corrected chi connectivity index (χ3v) is 5.15. The van der Waals surface area contributed by atoms with Crippen LogP contribution in [0.5, 0.6) is 0 Å². The van der Waals surface area contributed by atoms with Gasteiger partial charge in [-0.3, -0.25) is 4.79 Å². The maximum Gasteiger partial charge on any atom is 0.331 e. The van der Waals surface area contributed by atoms with Gasteiger partial charge in [-0.05, 0) is 50.9 Å². The molecule has 2 aliphatic rings. The van der Waals surface area contributed by atoms with Crippen LogP contribution in [0.1, 0.15) is 58.3 Å². The fourth-order valence-electron chi connectivity index (χ4n) is 3.63. The molecule has 0 aromatic rings. The molecule has 0 aromatic carbocycles. The zero-order chi connectivity index (χ0) is 15.5. The van der Waals surface area contributed by atoms with Crippen molar-refractivity contribution in [2.24, 2.45) is 17.6 Å². The van der Waals surface area contributed by atoms with Gasteiger partial charge in [0.2, 0.25) is 5.91 Å². The highest BCUT2D eigenvalue weighted by atomic mass is 16.5. The number of methoxy groups -OCH3 is 1. The van der Waals surface area contributed by atoms with Gasteiger partial charge in [-0.25, -0.2) is 4.79 Å². The first kappa shape index (κ1) is 16.3. The van der Waals surface area contributed by atoms with Crippen LogP contribution in [0.25, 0.3) is 0 Å². The van der Waals surface area contributed by atoms with Gasteiger partial charge in [0.15, 0.2) is 0 Å². The summed E-state index contributed by atoms with van der Waals surface area (Å²) < 4.78 is 4.96. The molecule has 2 fully saturated rings. The molecule has 0 saturated heterocycles. The van der Waals surface area contributed by atoms with E-state index >= 15 is 0 Å². The SMILES string of the molecule is COC(=O)C1(NC(=O)C2CCCC(N)C2)CCC(C)CC1. The molecule has 0 spiro atoms. The Morgan fingerprint density at radius 3 is 2.43 bits per heavy atom. The largest absolute Gasteiger partial charge is 0.467 e. The molecule has 5 nitrogen and oxygen atoms in total. The van der Waals surface area contributed by atoms with Crippen LogP contribution < -0.4 is 11.1 Å². The number of carbonyl (C=O) groups excluding carboxylic acids is 2. The number of ether oxygens (including phenoxy) is 1. The minimum absolute atomic E-state index is 0.0231. The van der Waals surface area contributed by atoms with Gasteiger partial charge in [0.1, 0.15) is 5.54 Å². The van der Waals surface area contributed by atoms with E-state index in [2.05, 4.69) is 12.2 Å². The van der Waals surface area contributed by atoms with Gasteiger partial charge in [0.25, 0.3) is 0 Å². The highest BCUT2D eigenvalue weighted by Crippen LogP contribution is 2.34. The van der Waals surface area contributed by atoms with E-state index in [1.807, 2.05) is 0 Å². The number of hydrogen-bond acceptors (Lipinski definition) is 4. The molecule has 0 aromatic heterocycles. The summed E-state index contributed by atoms with van der Waals surface area (Å²) in [7, 11) is 1.39. The number of hydrogen-bond donors (Lipinski definition) is 2. The number of nitrogens with two attached hydrogens (primary N) is 1. The maximum atomic E-state index is 12.5. The first-order valence-corrected chi connectivity index (χ1v) is 8.13. The molecule has 3 N–H and O–H groups in total. The summed E-state index contributed by atoms with van der Waals surface area (Å²) in [5.74, 6) is 0.213. The van der Waals surface area contributed by atoms with Crippen molar-refractivity contribution in [1.82, 2.24) is 5.32 Å². The summed E-state index contributed by atoms with van der Waals surface area (Å²) >= 11 is 0. The first-order chi connectivity index (χ1) is 9.97. The highest BCUT2D eigenvalue weighted by Gasteiger charge is 2.44. The third-order valence-electron chi connectivity index (χ3n) is 5.15. The van der Waals surface area contributed by atoms with Crippen molar-refractivity contribution in [3.8, 4) is 0 Å². The second kappa shape index (κ2) is 6.77. The van der Waals surface area contributed by atoms with E-state index < -0.39 is 5.54 Å². The van der Waals surface area contributed by atoms with E-state index in [1.165, 1.54) is 7.11 Å². The Bertz CT molecular complexity index is 389. The quantitative estimate of drug-likeness (QED) is 0.777. The van der Waals surface area contributed by atoms with Crippen LogP contribution in [0.4, 0.5) is 0 Å². The second-order valence-corrected chi connectivity index (χ2v) is 6.87. The summed E-state index contributed by atoms with van der Waals surface area (Å²) in [6.07, 6.45) is 6.80. The zero-order valence-corrected chi connectivity index (χ0v) is 13.2. The number of amides is 1. The van der Waals surface area contributed by atoms with Gasteiger partial charge in [0, 0.05) is 12.0 Å². The molecule has 1 amide bonds. The maximum absolute atomic E-state index is 12.5. The molecule has 0 heterocycles. The van der Waals surface area contributed by atoms with Gasteiger partial charge < -0.3 is 15.8 Å². The molecule has 0 bridgehead atoms. The average Bonchev–Trinajstić information content (AvgIpc) is 2.49. The number of esters is 1. The average molecular weight is 296 g/mol. The van der Waals surface area contributed by atoms with Crippen molar-refractivity contribution in [2.45, 2.75) is 69.9 Å². The molecule has 120 valence electrons. The normalized spacial score (nSPS) is 36.8. The summed E-state index contributed by atoms with van der Waals surface area (Å²) in [4.78, 5) is 24.8. The smallest absolute Gasteiger partial charge is 0.331 e. The predicted molar refractivity (Wildman–Crippen MR) is 80.5 cm³/mol. The van der Waals surface area contributed by atoms with Crippen molar-refractivity contribution in [2.75, 3.05) is 7.11 Å². The topological polar surface area (TPSA) is 81.4 Å². The van der Waals surface area contributed by atoms with Crippen LogP contribution in [-0.2, 0) is 14.3 Å². The highest BCUT2D eigenvalue weighted by molar-refractivity contribution is 5.89. The molecule has 5 heteroatoms. The van der Waals surface area contributed by atoms with Gasteiger partial charge >= 0.3 is 5.97 Å². The fraction of sp³-hybridized carbons (Fsp3) is 0.875. The van der Waals surface area contributed by atoms with Gasteiger partial charge in [-0.15, -0.1) is 0 Å². The Morgan fingerprint density at radius 1 is 1.19 bits per heavy atom. The van der Waals surface area contributed by atoms with Crippen LogP contribution in [0.3, 0.4) is 0 Å². The van der Waals surface area contributed by atoms with Gasteiger partial charge in [-0.1, -0.05) is 13.3 Å². The Balaban J connectivity index is 2.04. The Hall–Kier alpha value is -1.10. The lowest BCUT2D eigenvalue weighted by Gasteiger charge is -2.39. The minimum Gasteiger partial charge on any atom is -0.467 e. The Labute approximate surface area is 127 Å². The van der Waals surface area contributed by atoms with E-state index in [1.54, 1.807) is 0 Å². The minimum atomic E-state index is -0.820. The van der Waals surface area contributed by atoms with Crippen molar-refractivity contribution in [1.29, 1.82) is 0 Å². The monoisotopic (exact) mass is 296 g/mol. The van der Waals surface area contributed by atoms with Crippen LogP contribution in [-0.4, -0.2) is 30.6 Å². The standard InChI is InChI=1S/C16H28N2O3/c1-11-6-8-16(9-7-11,15(20)21-2)18-14(19)12-4-3-5-13(17)10-12/h11-13H,3-10,17H2,1-2H3,(H,18,19). The van der Waals surface area contributed by atoms with Crippen LogP contribution in [0.15, 0.2) is 0 Å². The molecule has 0 radical (unpaired) electrons. The summed E-state index contributed by atoms with van der Waals surface area (Å²) in [5.41, 5.74) is 5.14. The Kier molecular flexibility index (Phi) is 5.25. The fourth-order valence-corrected chi connectivity index (χ4v) is 3.63. The van der Waals surface area contributed by atoms with Gasteiger partial charge in [0.05, 0.1) is 7.11 Å². The molecule has 0 aliphatic heterocycles. The lowest BCUT2D eigenvalue weighted by Crippen LogP contribution is -2.58. The van der Waals surface area contributed by atoms with Crippen molar-refractivity contribution in [3.63, 3.8) is 0 Å². The van der Waals surface area contributed by atoms with Gasteiger partial charge in [-0.2, -0.15) is 0 Å². The van der Waals surface area contributed by atoms with Crippen molar-refractivity contribution >= 4 is 11.9 Å². The van der Waals surface area contributed by atoms with E-state index in [0.717, 1.165) is 38.5 Å². The van der Waals surface area contributed by atoms with Crippen LogP contribution in [0, 0.1) is 11.8 Å². The number of rotatable bonds is 3. The molecule has 2 saturated carbocycles. The predicted octanol–water partition coefficient (Wildman–Crippen LogP) is 1.74. The molecule has 2 unspecified atom stereocenters. The van der Waals surface area contributed by atoms with E-state index in [4.69, 9.17) is 10.5 Å². The summed E-state index contributed by atoms with van der Waals surface area (Å²) in [6, 6.07) is 0.106. The number of carbonyl (C=O) groups is 2. The molecular formula is C16H28N2O3. The lowest BCUT2D eigenvalue weighted by molar-refractivity contribution is -0.153. The van der Waals surface area contributed by atoms with Crippen molar-refractivity contribution < 1.29 is 14.3 Å². The molecule has 2 atom stereocenters.